The number of hydrogen-bond donors (Lipinski definition) is 3. The number of carboxylic acid groups (broad SMARTS) is 1. The van der Waals surface area contributed by atoms with Gasteiger partial charge in [0.05, 0.1) is 6.61 Å². The molecule has 1 unspecified atom stereocenters. The minimum atomic E-state index is -1.05. The first kappa shape index (κ1) is 13.9. The summed E-state index contributed by atoms with van der Waals surface area (Å²) < 4.78 is 5.06. The van der Waals surface area contributed by atoms with E-state index in [0.717, 1.165) is 0 Å². The van der Waals surface area contributed by atoms with Gasteiger partial charge in [-0.2, -0.15) is 0 Å². The number of rotatable bonds is 8. The topological polar surface area (TPSA) is 87.7 Å². The van der Waals surface area contributed by atoms with Gasteiger partial charge in [-0.15, -0.1) is 0 Å². The number of aliphatic carboxylic acids is 1. The summed E-state index contributed by atoms with van der Waals surface area (Å²) in [6.07, 6.45) is 0. The molecule has 0 saturated carbocycles. The summed E-state index contributed by atoms with van der Waals surface area (Å²) in [5.41, 5.74) is 0. The number of hydrogen-bond acceptors (Lipinski definition) is 4. The summed E-state index contributed by atoms with van der Waals surface area (Å²) >= 11 is 0. The SMILES string of the molecule is CCOCCNCC(NC(C)=O)C(=O)O. The van der Waals surface area contributed by atoms with Gasteiger partial charge in [-0.05, 0) is 6.92 Å². The number of carbonyl (C=O) groups excluding carboxylic acids is 1. The molecule has 6 nitrogen and oxygen atoms in total. The lowest BCUT2D eigenvalue weighted by Gasteiger charge is -2.13. The number of carboxylic acids is 1. The molecule has 0 aliphatic carbocycles. The van der Waals surface area contributed by atoms with Crippen molar-refractivity contribution in [1.29, 1.82) is 0 Å². The molecule has 0 aromatic heterocycles. The van der Waals surface area contributed by atoms with Crippen molar-refractivity contribution in [2.45, 2.75) is 19.9 Å². The van der Waals surface area contributed by atoms with Crippen molar-refractivity contribution >= 4 is 11.9 Å². The van der Waals surface area contributed by atoms with Crippen molar-refractivity contribution in [1.82, 2.24) is 10.6 Å². The fourth-order valence-corrected chi connectivity index (χ4v) is 0.981. The van der Waals surface area contributed by atoms with Gasteiger partial charge in [0.25, 0.3) is 0 Å². The Labute approximate surface area is 89.0 Å². The highest BCUT2D eigenvalue weighted by atomic mass is 16.5. The largest absolute Gasteiger partial charge is 0.480 e. The molecule has 1 atom stereocenters. The van der Waals surface area contributed by atoms with E-state index in [9.17, 15) is 9.59 Å². The Balaban J connectivity index is 3.67. The van der Waals surface area contributed by atoms with Gasteiger partial charge < -0.3 is 20.5 Å². The maximum Gasteiger partial charge on any atom is 0.327 e. The summed E-state index contributed by atoms with van der Waals surface area (Å²) in [6, 6.07) is -0.885. The maximum atomic E-state index is 10.7. The highest BCUT2D eigenvalue weighted by Gasteiger charge is 2.16. The van der Waals surface area contributed by atoms with Gasteiger partial charge in [-0.25, -0.2) is 4.79 Å². The molecule has 0 aliphatic heterocycles. The third-order valence-corrected chi connectivity index (χ3v) is 1.65. The maximum absolute atomic E-state index is 10.7. The van der Waals surface area contributed by atoms with Crippen molar-refractivity contribution in [2.75, 3.05) is 26.3 Å². The third-order valence-electron chi connectivity index (χ3n) is 1.65. The second-order valence-corrected chi connectivity index (χ2v) is 2.99. The quantitative estimate of drug-likeness (QED) is 0.464. The van der Waals surface area contributed by atoms with Gasteiger partial charge >= 0.3 is 5.97 Å². The Morgan fingerprint density at radius 2 is 2.13 bits per heavy atom. The summed E-state index contributed by atoms with van der Waals surface area (Å²) in [7, 11) is 0. The summed E-state index contributed by atoms with van der Waals surface area (Å²) in [4.78, 5) is 21.3. The number of ether oxygens (including phenoxy) is 1. The van der Waals surface area contributed by atoms with Crippen LogP contribution in [0.4, 0.5) is 0 Å². The molecule has 0 fully saturated rings. The van der Waals surface area contributed by atoms with Crippen molar-refractivity contribution in [3.8, 4) is 0 Å². The monoisotopic (exact) mass is 218 g/mol. The molecule has 0 radical (unpaired) electrons. The van der Waals surface area contributed by atoms with Crippen LogP contribution in [0.2, 0.25) is 0 Å². The van der Waals surface area contributed by atoms with E-state index in [1.807, 2.05) is 6.92 Å². The lowest BCUT2D eigenvalue weighted by Crippen LogP contribution is -2.47. The fourth-order valence-electron chi connectivity index (χ4n) is 0.981. The van der Waals surface area contributed by atoms with E-state index in [4.69, 9.17) is 9.84 Å². The predicted molar refractivity (Wildman–Crippen MR) is 54.6 cm³/mol. The Morgan fingerprint density at radius 3 is 2.60 bits per heavy atom. The molecule has 88 valence electrons. The second kappa shape index (κ2) is 8.19. The molecule has 0 saturated heterocycles. The Hall–Kier alpha value is -1.14. The molecule has 0 aromatic rings. The zero-order valence-corrected chi connectivity index (χ0v) is 9.08. The standard InChI is InChI=1S/C9H18N2O4/c1-3-15-5-4-10-6-8(9(13)14)11-7(2)12/h8,10H,3-6H2,1-2H3,(H,11,12)(H,13,14). The van der Waals surface area contributed by atoms with Crippen molar-refractivity contribution < 1.29 is 19.4 Å². The summed E-state index contributed by atoms with van der Waals surface area (Å²) in [6.45, 7) is 5.10. The highest BCUT2D eigenvalue weighted by molar-refractivity contribution is 5.82. The van der Waals surface area contributed by atoms with Crippen molar-refractivity contribution in [3.63, 3.8) is 0 Å². The molecule has 0 bridgehead atoms. The average molecular weight is 218 g/mol. The van der Waals surface area contributed by atoms with E-state index in [0.29, 0.717) is 19.8 Å². The normalized spacial score (nSPS) is 12.1. The molecule has 15 heavy (non-hydrogen) atoms. The molecule has 0 heterocycles. The summed E-state index contributed by atoms with van der Waals surface area (Å²) in [5, 5.41) is 14.0. The zero-order valence-electron chi connectivity index (χ0n) is 9.08. The predicted octanol–water partition coefficient (Wildman–Crippen LogP) is -0.798. The summed E-state index contributed by atoms with van der Waals surface area (Å²) in [5.74, 6) is -1.40. The van der Waals surface area contributed by atoms with Crippen LogP contribution >= 0.6 is 0 Å². The fraction of sp³-hybridized carbons (Fsp3) is 0.778. The van der Waals surface area contributed by atoms with E-state index >= 15 is 0 Å². The molecule has 6 heteroatoms. The third kappa shape index (κ3) is 7.90. The van der Waals surface area contributed by atoms with Crippen molar-refractivity contribution in [2.24, 2.45) is 0 Å². The van der Waals surface area contributed by atoms with Gasteiger partial charge in [0.1, 0.15) is 6.04 Å². The van der Waals surface area contributed by atoms with Crippen molar-refractivity contribution in [3.05, 3.63) is 0 Å². The van der Waals surface area contributed by atoms with Crippen LogP contribution in [0.5, 0.6) is 0 Å². The molecule has 0 rings (SSSR count). The number of amides is 1. The molecular formula is C9H18N2O4. The van der Waals surface area contributed by atoms with E-state index in [2.05, 4.69) is 10.6 Å². The smallest absolute Gasteiger partial charge is 0.327 e. The van der Waals surface area contributed by atoms with Gasteiger partial charge in [0.2, 0.25) is 5.91 Å². The van der Waals surface area contributed by atoms with Crippen LogP contribution in [0.1, 0.15) is 13.8 Å². The molecule has 1 amide bonds. The van der Waals surface area contributed by atoms with Gasteiger partial charge in [0.15, 0.2) is 0 Å². The van der Waals surface area contributed by atoms with Crippen LogP contribution in [0.25, 0.3) is 0 Å². The average Bonchev–Trinajstić information content (AvgIpc) is 2.15. The minimum Gasteiger partial charge on any atom is -0.480 e. The zero-order chi connectivity index (χ0) is 11.7. The minimum absolute atomic E-state index is 0.196. The van der Waals surface area contributed by atoms with Crippen LogP contribution in [0.3, 0.4) is 0 Å². The van der Waals surface area contributed by atoms with Crippen LogP contribution < -0.4 is 10.6 Å². The van der Waals surface area contributed by atoms with Gasteiger partial charge in [-0.3, -0.25) is 4.79 Å². The molecule has 3 N–H and O–H groups in total. The first-order chi connectivity index (χ1) is 7.07. The molecular weight excluding hydrogens is 200 g/mol. The van der Waals surface area contributed by atoms with E-state index < -0.39 is 12.0 Å². The lowest BCUT2D eigenvalue weighted by atomic mass is 10.3. The Morgan fingerprint density at radius 1 is 1.47 bits per heavy atom. The van der Waals surface area contributed by atoms with Gasteiger partial charge in [-0.1, -0.05) is 0 Å². The second-order valence-electron chi connectivity index (χ2n) is 2.99. The first-order valence-electron chi connectivity index (χ1n) is 4.86. The number of carbonyl (C=O) groups is 2. The van der Waals surface area contributed by atoms with Crippen LogP contribution in [-0.2, 0) is 14.3 Å². The molecule has 0 aromatic carbocycles. The van der Waals surface area contributed by atoms with Crippen LogP contribution in [0.15, 0.2) is 0 Å². The van der Waals surface area contributed by atoms with Crippen LogP contribution in [0, 0.1) is 0 Å². The van der Waals surface area contributed by atoms with Crippen LogP contribution in [-0.4, -0.2) is 49.3 Å². The molecule has 0 spiro atoms. The van der Waals surface area contributed by atoms with Gasteiger partial charge in [0, 0.05) is 26.6 Å². The number of nitrogens with one attached hydrogen (secondary N) is 2. The molecule has 0 aliphatic rings. The van der Waals surface area contributed by atoms with E-state index in [1.165, 1.54) is 6.92 Å². The van der Waals surface area contributed by atoms with E-state index in [1.54, 1.807) is 0 Å². The van der Waals surface area contributed by atoms with E-state index in [-0.39, 0.29) is 12.5 Å². The lowest BCUT2D eigenvalue weighted by molar-refractivity contribution is -0.141. The Bertz CT molecular complexity index is 208. The Kier molecular flexibility index (Phi) is 7.57. The highest BCUT2D eigenvalue weighted by Crippen LogP contribution is 1.82. The first-order valence-corrected chi connectivity index (χ1v) is 4.86.